The average Bonchev–Trinajstić information content (AvgIpc) is 3.50. The van der Waals surface area contributed by atoms with Crippen molar-refractivity contribution in [3.05, 3.63) is 195 Å². The monoisotopic (exact) mass is 920 g/mol. The molecule has 0 atom stereocenters. The largest absolute Gasteiger partial charge is 6.00 e. The van der Waals surface area contributed by atoms with Gasteiger partial charge in [0.2, 0.25) is 0 Å². The molecular formula is C50H57Cl2N2PRuS+4. The Morgan fingerprint density at radius 3 is 1.02 bits per heavy atom. The van der Waals surface area contributed by atoms with Crippen LogP contribution in [0.1, 0.15) is 62.6 Å². The van der Waals surface area contributed by atoms with Crippen LogP contribution in [0.3, 0.4) is 0 Å². The summed E-state index contributed by atoms with van der Waals surface area (Å²) in [6.45, 7) is 21.6. The van der Waals surface area contributed by atoms with E-state index in [0.717, 1.165) is 6.42 Å². The number of hydrogen-bond acceptors (Lipinski definition) is 3. The predicted octanol–water partition coefficient (Wildman–Crippen LogP) is 6.17. The molecule has 0 radical (unpaired) electrons. The quantitative estimate of drug-likeness (QED) is 0.122. The minimum absolute atomic E-state index is 0. The summed E-state index contributed by atoms with van der Waals surface area (Å²) < 4.78 is 0. The van der Waals surface area contributed by atoms with E-state index < -0.39 is 7.92 Å². The maximum atomic E-state index is 4.94. The van der Waals surface area contributed by atoms with Crippen LogP contribution in [0.5, 0.6) is 0 Å². The molecule has 0 aliphatic carbocycles. The summed E-state index contributed by atoms with van der Waals surface area (Å²) in [5.74, 6) is 0. The Kier molecular flexibility index (Phi) is 20.3. The molecule has 7 rings (SSSR count). The van der Waals surface area contributed by atoms with Crippen molar-refractivity contribution in [3.63, 3.8) is 0 Å². The van der Waals surface area contributed by atoms with E-state index in [0.29, 0.717) is 0 Å². The van der Waals surface area contributed by atoms with Gasteiger partial charge in [0.05, 0.1) is 0 Å². The summed E-state index contributed by atoms with van der Waals surface area (Å²) in [5.41, 5.74) is 15.6. The molecule has 0 fully saturated rings. The van der Waals surface area contributed by atoms with E-state index in [1.54, 1.807) is 0 Å². The number of hydrogen-bond donors (Lipinski definition) is 1. The van der Waals surface area contributed by atoms with Crippen LogP contribution in [0.15, 0.2) is 140 Å². The van der Waals surface area contributed by atoms with Gasteiger partial charge in [-0.3, -0.25) is 0 Å². The van der Waals surface area contributed by atoms with Gasteiger partial charge in [-0.1, -0.05) is 162 Å². The Morgan fingerprint density at radius 2 is 0.754 bits per heavy atom. The van der Waals surface area contributed by atoms with Crippen molar-refractivity contribution in [1.29, 1.82) is 0 Å². The fourth-order valence-electron chi connectivity index (χ4n) is 7.21. The van der Waals surface area contributed by atoms with E-state index in [2.05, 4.69) is 213 Å². The summed E-state index contributed by atoms with van der Waals surface area (Å²) in [6, 6.07) is 46.4. The number of nitrogens with zero attached hydrogens (tertiary/aromatic N) is 2. The van der Waals surface area contributed by atoms with Crippen LogP contribution in [0.4, 0.5) is 11.4 Å². The minimum atomic E-state index is -0.483. The molecule has 7 heteroatoms. The molecule has 6 aromatic carbocycles. The smallest absolute Gasteiger partial charge is 1.00 e. The Balaban J connectivity index is 0.000000316. The van der Waals surface area contributed by atoms with Crippen molar-refractivity contribution >= 4 is 47.8 Å². The summed E-state index contributed by atoms with van der Waals surface area (Å²) in [7, 11) is -0.483. The first-order chi connectivity index (χ1) is 25.9. The molecule has 2 nitrogen and oxygen atoms in total. The molecule has 0 N–H and O–H groups in total. The first-order valence-corrected chi connectivity index (χ1v) is 20.8. The molecule has 0 spiro atoms. The third-order valence-corrected chi connectivity index (χ3v) is 12.7. The van der Waals surface area contributed by atoms with Gasteiger partial charge in [0.15, 0.2) is 5.50 Å². The number of thiol groups is 1. The molecule has 0 unspecified atom stereocenters. The summed E-state index contributed by atoms with van der Waals surface area (Å²) in [5, 5.41) is 4.23. The molecule has 296 valence electrons. The van der Waals surface area contributed by atoms with Crippen molar-refractivity contribution in [2.75, 3.05) is 9.80 Å². The molecular weight excluding hydrogens is 864 g/mol. The summed E-state index contributed by atoms with van der Waals surface area (Å²) >= 11 is 4.94. The van der Waals surface area contributed by atoms with Crippen LogP contribution >= 0.6 is 20.6 Å². The zero-order chi connectivity index (χ0) is 38.9. The summed E-state index contributed by atoms with van der Waals surface area (Å²) in [6.07, 6.45) is 5.42. The Hall–Kier alpha value is -3.36. The average molecular weight is 921 g/mol. The molecule has 0 saturated heterocycles. The van der Waals surface area contributed by atoms with Crippen molar-refractivity contribution in [2.45, 2.75) is 81.2 Å². The molecule has 1 heterocycles. The standard InChI is InChI=1S/C21H26N2S.C21H21P.C8H10.2ClH.Ru/c1-13-9-15(3)19(16(4)10-13)22-7-8-23(21(22)24)20-17(5)11-14(2)12-18(20)6;1-16-4-10-19(11-5-16)22(20-12-6-17(2)7-13-20)21-14-8-18(3)9-15-21;1-2-8-6-4-3-5-7-8;;;/h7-12,21,24H,1-6H3;4-15H,1-3H3;3-7H,2H2,1H3;2*1H;/q;;;;;+6/p-2. The van der Waals surface area contributed by atoms with Crippen LogP contribution < -0.4 is 50.5 Å². The molecule has 1 aliphatic heterocycles. The van der Waals surface area contributed by atoms with Gasteiger partial charge < -0.3 is 34.6 Å². The third kappa shape index (κ3) is 13.1. The first-order valence-electron chi connectivity index (χ1n) is 19.0. The van der Waals surface area contributed by atoms with Crippen LogP contribution in [-0.2, 0) is 25.9 Å². The second kappa shape index (κ2) is 23.3. The van der Waals surface area contributed by atoms with Gasteiger partial charge in [-0.25, -0.2) is 0 Å². The zero-order valence-corrected chi connectivity index (χ0v) is 40.0. The second-order valence-electron chi connectivity index (χ2n) is 14.6. The molecule has 0 amide bonds. The Bertz CT molecular complexity index is 1950. The number of anilines is 2. The van der Waals surface area contributed by atoms with Crippen molar-refractivity contribution in [1.82, 2.24) is 0 Å². The zero-order valence-electron chi connectivity index (χ0n) is 35.0. The fraction of sp³-hybridized carbons (Fsp3) is 0.240. The van der Waals surface area contributed by atoms with Gasteiger partial charge >= 0.3 is 19.5 Å². The van der Waals surface area contributed by atoms with Crippen LogP contribution in [0.25, 0.3) is 0 Å². The van der Waals surface area contributed by atoms with E-state index in [4.69, 9.17) is 12.6 Å². The van der Waals surface area contributed by atoms with Crippen LogP contribution in [0, 0.1) is 62.3 Å². The summed E-state index contributed by atoms with van der Waals surface area (Å²) in [4.78, 5) is 4.51. The first kappa shape index (κ1) is 49.8. The van der Waals surface area contributed by atoms with E-state index in [9.17, 15) is 0 Å². The van der Waals surface area contributed by atoms with E-state index in [1.165, 1.54) is 82.9 Å². The van der Waals surface area contributed by atoms with E-state index in [1.807, 2.05) is 6.07 Å². The van der Waals surface area contributed by atoms with Gasteiger partial charge in [0.25, 0.3) is 0 Å². The van der Waals surface area contributed by atoms with Gasteiger partial charge in [-0.2, -0.15) is 0 Å². The Labute approximate surface area is 376 Å². The second-order valence-corrected chi connectivity index (χ2v) is 17.3. The topological polar surface area (TPSA) is 6.48 Å². The Morgan fingerprint density at radius 1 is 0.456 bits per heavy atom. The number of benzene rings is 6. The SMILES string of the molecule is CCc1ccccc1.Cc1cc(C)c(N2C=CN(c3c(C)cc(C)cc3C)C2S)c(C)c1.Cc1ccc(P(c2ccc(C)cc2)c2ccc(C)cc2)cc1.[Cl-].[Cl-].[Ru+6]. The molecule has 0 bridgehead atoms. The molecule has 0 aromatic heterocycles. The predicted molar refractivity (Wildman–Crippen MR) is 243 cm³/mol. The van der Waals surface area contributed by atoms with Crippen molar-refractivity contribution in [3.8, 4) is 0 Å². The van der Waals surface area contributed by atoms with E-state index in [-0.39, 0.29) is 49.8 Å². The van der Waals surface area contributed by atoms with Gasteiger partial charge in [0.1, 0.15) is 0 Å². The molecule has 6 aromatic rings. The fourth-order valence-corrected chi connectivity index (χ4v) is 9.83. The number of aryl methyl sites for hydroxylation is 10. The number of rotatable bonds is 6. The maximum Gasteiger partial charge on any atom is 6.00 e. The van der Waals surface area contributed by atoms with Gasteiger partial charge in [-0.15, -0.1) is 12.6 Å². The van der Waals surface area contributed by atoms with Crippen LogP contribution in [0.2, 0.25) is 0 Å². The minimum Gasteiger partial charge on any atom is -1.00 e. The molecule has 1 aliphatic rings. The van der Waals surface area contributed by atoms with Gasteiger partial charge in [-0.05, 0) is 120 Å². The number of halogens is 2. The van der Waals surface area contributed by atoms with Gasteiger partial charge in [0, 0.05) is 23.8 Å². The normalized spacial score (nSPS) is 11.7. The third-order valence-electron chi connectivity index (χ3n) is 9.80. The van der Waals surface area contributed by atoms with Crippen LogP contribution in [-0.4, -0.2) is 5.50 Å². The maximum absolute atomic E-state index is 4.94. The van der Waals surface area contributed by atoms with Crippen molar-refractivity contribution < 1.29 is 44.3 Å². The molecule has 0 saturated carbocycles. The van der Waals surface area contributed by atoms with Crippen molar-refractivity contribution in [2.24, 2.45) is 0 Å². The molecule has 57 heavy (non-hydrogen) atoms. The van der Waals surface area contributed by atoms with E-state index >= 15 is 0 Å².